The molecular formula is C12H22BrN3. The Balaban J connectivity index is 3.06. The van der Waals surface area contributed by atoms with Crippen LogP contribution in [0.5, 0.6) is 0 Å². The highest BCUT2D eigenvalue weighted by Crippen LogP contribution is 2.31. The Labute approximate surface area is 107 Å². The average Bonchev–Trinajstić information content (AvgIpc) is 2.67. The Morgan fingerprint density at radius 1 is 1.38 bits per heavy atom. The van der Waals surface area contributed by atoms with Gasteiger partial charge in [0.15, 0.2) is 0 Å². The van der Waals surface area contributed by atoms with Gasteiger partial charge >= 0.3 is 0 Å². The molecule has 3 nitrogen and oxygen atoms in total. The minimum atomic E-state index is 0.381. The zero-order valence-electron chi connectivity index (χ0n) is 10.6. The Hall–Kier alpha value is -0.350. The lowest BCUT2D eigenvalue weighted by Crippen LogP contribution is -2.27. The normalized spacial score (nSPS) is 13.4. The second-order valence-corrected chi connectivity index (χ2v) is 4.89. The summed E-state index contributed by atoms with van der Waals surface area (Å²) in [5, 5.41) is 7.81. The van der Waals surface area contributed by atoms with Crippen molar-refractivity contribution in [2.24, 2.45) is 5.92 Å². The van der Waals surface area contributed by atoms with E-state index in [9.17, 15) is 0 Å². The maximum absolute atomic E-state index is 4.38. The molecule has 1 heterocycles. The highest BCUT2D eigenvalue weighted by atomic mass is 79.9. The van der Waals surface area contributed by atoms with Crippen LogP contribution < -0.4 is 5.32 Å². The van der Waals surface area contributed by atoms with Gasteiger partial charge in [0.05, 0.1) is 22.4 Å². The summed E-state index contributed by atoms with van der Waals surface area (Å²) in [5.74, 6) is 0.656. The highest BCUT2D eigenvalue weighted by Gasteiger charge is 2.24. The molecule has 0 fully saturated rings. The van der Waals surface area contributed by atoms with Gasteiger partial charge in [-0.2, -0.15) is 5.10 Å². The molecule has 1 rings (SSSR count). The van der Waals surface area contributed by atoms with Gasteiger partial charge in [-0.25, -0.2) is 0 Å². The summed E-state index contributed by atoms with van der Waals surface area (Å²) in [4.78, 5) is 0. The highest BCUT2D eigenvalue weighted by molar-refractivity contribution is 9.10. The van der Waals surface area contributed by atoms with Gasteiger partial charge in [0.1, 0.15) is 0 Å². The van der Waals surface area contributed by atoms with Crippen molar-refractivity contribution < 1.29 is 0 Å². The first-order valence-corrected chi connectivity index (χ1v) is 6.87. The zero-order chi connectivity index (χ0) is 12.1. The summed E-state index contributed by atoms with van der Waals surface area (Å²) >= 11 is 3.60. The first-order valence-electron chi connectivity index (χ1n) is 6.07. The molecule has 0 spiro atoms. The van der Waals surface area contributed by atoms with Crippen molar-refractivity contribution in [3.05, 3.63) is 16.4 Å². The minimum Gasteiger partial charge on any atom is -0.311 e. The van der Waals surface area contributed by atoms with Gasteiger partial charge in [-0.1, -0.05) is 26.7 Å². The van der Waals surface area contributed by atoms with E-state index in [-0.39, 0.29) is 0 Å². The molecule has 16 heavy (non-hydrogen) atoms. The summed E-state index contributed by atoms with van der Waals surface area (Å²) in [6.07, 6.45) is 4.26. The molecule has 0 aliphatic carbocycles. The predicted molar refractivity (Wildman–Crippen MR) is 71.5 cm³/mol. The SMILES string of the molecule is CCC(CC)C(NC)c1c(Br)cnn1CC. The van der Waals surface area contributed by atoms with Crippen LogP contribution in [0, 0.1) is 5.92 Å². The summed E-state index contributed by atoms with van der Waals surface area (Å²) < 4.78 is 3.18. The van der Waals surface area contributed by atoms with E-state index < -0.39 is 0 Å². The fourth-order valence-corrected chi connectivity index (χ4v) is 2.83. The van der Waals surface area contributed by atoms with E-state index >= 15 is 0 Å². The molecule has 0 radical (unpaired) electrons. The van der Waals surface area contributed by atoms with E-state index in [0.29, 0.717) is 12.0 Å². The standard InChI is InChI=1S/C12H22BrN3/c1-5-9(6-2)11(14-4)12-10(13)8-15-16(12)7-3/h8-9,11,14H,5-7H2,1-4H3. The van der Waals surface area contributed by atoms with Crippen LogP contribution in [0.2, 0.25) is 0 Å². The molecule has 1 unspecified atom stereocenters. The smallest absolute Gasteiger partial charge is 0.0698 e. The maximum Gasteiger partial charge on any atom is 0.0698 e. The van der Waals surface area contributed by atoms with E-state index in [2.05, 4.69) is 51.8 Å². The molecule has 0 saturated carbocycles. The summed E-state index contributed by atoms with van der Waals surface area (Å²) in [5.41, 5.74) is 1.28. The first kappa shape index (κ1) is 13.7. The molecule has 92 valence electrons. The third-order valence-electron chi connectivity index (χ3n) is 3.26. The largest absolute Gasteiger partial charge is 0.311 e. The fourth-order valence-electron chi connectivity index (χ4n) is 2.29. The molecule has 1 aromatic rings. The van der Waals surface area contributed by atoms with Crippen LogP contribution in [0.25, 0.3) is 0 Å². The number of nitrogens with zero attached hydrogens (tertiary/aromatic N) is 2. The molecule has 1 N–H and O–H groups in total. The average molecular weight is 288 g/mol. The summed E-state index contributed by atoms with van der Waals surface area (Å²) in [6.45, 7) is 7.54. The van der Waals surface area contributed by atoms with Crippen LogP contribution in [0.3, 0.4) is 0 Å². The van der Waals surface area contributed by atoms with Crippen molar-refractivity contribution in [2.45, 2.75) is 46.2 Å². The lowest BCUT2D eigenvalue weighted by Gasteiger charge is -2.26. The van der Waals surface area contributed by atoms with Crippen molar-refractivity contribution in [1.82, 2.24) is 15.1 Å². The summed E-state index contributed by atoms with van der Waals surface area (Å²) in [7, 11) is 2.03. The van der Waals surface area contributed by atoms with Gasteiger partial charge < -0.3 is 5.32 Å². The summed E-state index contributed by atoms with van der Waals surface area (Å²) in [6, 6.07) is 0.381. The number of aryl methyl sites for hydroxylation is 1. The van der Waals surface area contributed by atoms with Gasteiger partial charge in [0.2, 0.25) is 0 Å². The van der Waals surface area contributed by atoms with Crippen LogP contribution in [0.1, 0.15) is 45.3 Å². The third-order valence-corrected chi connectivity index (χ3v) is 3.87. The molecule has 0 bridgehead atoms. The first-order chi connectivity index (χ1) is 7.69. The quantitative estimate of drug-likeness (QED) is 0.870. The van der Waals surface area contributed by atoms with Crippen molar-refractivity contribution in [3.8, 4) is 0 Å². The van der Waals surface area contributed by atoms with Crippen LogP contribution in [-0.2, 0) is 6.54 Å². The van der Waals surface area contributed by atoms with Crippen LogP contribution in [-0.4, -0.2) is 16.8 Å². The number of nitrogens with one attached hydrogen (secondary N) is 1. The lowest BCUT2D eigenvalue weighted by molar-refractivity contribution is 0.339. The molecule has 0 aromatic carbocycles. The Kier molecular flexibility index (Phi) is 5.49. The Bertz CT molecular complexity index is 318. The zero-order valence-corrected chi connectivity index (χ0v) is 12.2. The topological polar surface area (TPSA) is 29.9 Å². The number of halogens is 1. The van der Waals surface area contributed by atoms with E-state index in [1.54, 1.807) is 0 Å². The minimum absolute atomic E-state index is 0.381. The van der Waals surface area contributed by atoms with Gasteiger partial charge in [-0.15, -0.1) is 0 Å². The van der Waals surface area contributed by atoms with Gasteiger partial charge in [0.25, 0.3) is 0 Å². The van der Waals surface area contributed by atoms with Crippen LogP contribution in [0.15, 0.2) is 10.7 Å². The number of hydrogen-bond donors (Lipinski definition) is 1. The number of hydrogen-bond acceptors (Lipinski definition) is 2. The number of rotatable bonds is 6. The van der Waals surface area contributed by atoms with Gasteiger partial charge in [-0.3, -0.25) is 4.68 Å². The Morgan fingerprint density at radius 2 is 2.00 bits per heavy atom. The molecule has 1 aromatic heterocycles. The second-order valence-electron chi connectivity index (χ2n) is 4.04. The van der Waals surface area contributed by atoms with Crippen molar-refractivity contribution >= 4 is 15.9 Å². The third kappa shape index (κ3) is 2.66. The molecule has 0 aliphatic heterocycles. The number of aromatic nitrogens is 2. The van der Waals surface area contributed by atoms with Gasteiger partial charge in [-0.05, 0) is 35.8 Å². The fraction of sp³-hybridized carbons (Fsp3) is 0.750. The van der Waals surface area contributed by atoms with Gasteiger partial charge in [0, 0.05) is 6.54 Å². The molecule has 0 amide bonds. The van der Waals surface area contributed by atoms with Crippen molar-refractivity contribution in [1.29, 1.82) is 0 Å². The second kappa shape index (κ2) is 6.40. The van der Waals surface area contributed by atoms with E-state index in [1.165, 1.54) is 18.5 Å². The van der Waals surface area contributed by atoms with Crippen molar-refractivity contribution in [3.63, 3.8) is 0 Å². The predicted octanol–water partition coefficient (Wildman–Crippen LogP) is 3.36. The van der Waals surface area contributed by atoms with Crippen LogP contribution in [0.4, 0.5) is 0 Å². The molecule has 4 heteroatoms. The molecule has 0 aliphatic rings. The Morgan fingerprint density at radius 3 is 2.44 bits per heavy atom. The maximum atomic E-state index is 4.38. The molecule has 0 saturated heterocycles. The monoisotopic (exact) mass is 287 g/mol. The van der Waals surface area contributed by atoms with Crippen molar-refractivity contribution in [2.75, 3.05) is 7.05 Å². The lowest BCUT2D eigenvalue weighted by atomic mass is 9.92. The molecular weight excluding hydrogens is 266 g/mol. The van der Waals surface area contributed by atoms with E-state index in [0.717, 1.165) is 11.0 Å². The van der Waals surface area contributed by atoms with Crippen LogP contribution >= 0.6 is 15.9 Å². The molecule has 1 atom stereocenters. The van der Waals surface area contributed by atoms with E-state index in [4.69, 9.17) is 0 Å². The van der Waals surface area contributed by atoms with E-state index in [1.807, 2.05) is 13.2 Å².